The number of benzene rings is 2. The van der Waals surface area contributed by atoms with Crippen LogP contribution in [0.5, 0.6) is 0 Å². The molecule has 2 aromatic rings. The van der Waals surface area contributed by atoms with Gasteiger partial charge in [-0.3, -0.25) is 4.79 Å². The average molecular weight is 507 g/mol. The second kappa shape index (κ2) is 12.1. The minimum Gasteiger partial charge on any atom is -0.478 e. The number of ether oxygens (including phenoxy) is 1. The van der Waals surface area contributed by atoms with Crippen LogP contribution in [-0.2, 0) is 28.0 Å². The lowest BCUT2D eigenvalue weighted by molar-refractivity contribution is -0.120. The molecular weight excluding hydrogens is 464 g/mol. The van der Waals surface area contributed by atoms with Crippen LogP contribution in [0.1, 0.15) is 79.9 Å². The number of anilines is 1. The Balaban J connectivity index is 1.45. The molecule has 2 fully saturated rings. The van der Waals surface area contributed by atoms with E-state index in [-0.39, 0.29) is 23.3 Å². The average Bonchev–Trinajstić information content (AvgIpc) is 3.59. The van der Waals surface area contributed by atoms with Gasteiger partial charge in [0.1, 0.15) is 0 Å². The summed E-state index contributed by atoms with van der Waals surface area (Å²) in [6.07, 6.45) is 6.26. The second-order valence-corrected chi connectivity index (χ2v) is 11.1. The van der Waals surface area contributed by atoms with Crippen molar-refractivity contribution in [2.24, 2.45) is 11.8 Å². The van der Waals surface area contributed by atoms with Crippen molar-refractivity contribution in [1.82, 2.24) is 5.32 Å². The highest BCUT2D eigenvalue weighted by atomic mass is 16.5. The molecule has 0 aromatic heterocycles. The van der Waals surface area contributed by atoms with Crippen molar-refractivity contribution in [3.05, 3.63) is 64.7 Å². The molecule has 1 aliphatic heterocycles. The molecule has 6 heteroatoms. The summed E-state index contributed by atoms with van der Waals surface area (Å²) in [7, 11) is 0. The van der Waals surface area contributed by atoms with Crippen LogP contribution in [0.25, 0.3) is 0 Å². The molecule has 1 saturated carbocycles. The Labute approximate surface area is 221 Å². The first-order valence-corrected chi connectivity index (χ1v) is 13.9. The minimum atomic E-state index is -0.978. The van der Waals surface area contributed by atoms with Crippen LogP contribution in [-0.4, -0.2) is 43.2 Å². The first kappa shape index (κ1) is 27.2. The van der Waals surface area contributed by atoms with E-state index < -0.39 is 5.97 Å². The summed E-state index contributed by atoms with van der Waals surface area (Å²) in [5.41, 5.74) is 4.73. The first-order chi connectivity index (χ1) is 17.8. The number of rotatable bonds is 12. The zero-order valence-electron chi connectivity index (χ0n) is 22.6. The smallest absolute Gasteiger partial charge is 0.335 e. The van der Waals surface area contributed by atoms with Crippen molar-refractivity contribution in [2.45, 2.75) is 71.3 Å². The molecule has 1 heterocycles. The largest absolute Gasteiger partial charge is 0.478 e. The molecule has 0 bridgehead atoms. The van der Waals surface area contributed by atoms with Crippen molar-refractivity contribution < 1.29 is 19.4 Å². The molecule has 2 aliphatic rings. The molecule has 2 unspecified atom stereocenters. The van der Waals surface area contributed by atoms with E-state index >= 15 is 0 Å². The van der Waals surface area contributed by atoms with Crippen LogP contribution in [0.4, 0.5) is 5.69 Å². The van der Waals surface area contributed by atoms with Gasteiger partial charge >= 0.3 is 5.97 Å². The summed E-state index contributed by atoms with van der Waals surface area (Å²) in [4.78, 5) is 27.0. The van der Waals surface area contributed by atoms with E-state index in [0.29, 0.717) is 31.6 Å². The molecule has 37 heavy (non-hydrogen) atoms. The quantitative estimate of drug-likeness (QED) is 0.393. The predicted octanol–water partition coefficient (Wildman–Crippen LogP) is 5.57. The summed E-state index contributed by atoms with van der Waals surface area (Å²) < 4.78 is 5.53. The normalized spacial score (nSPS) is 21.2. The number of amides is 1. The number of hydrogen-bond acceptors (Lipinski definition) is 4. The number of carboxylic acid groups (broad SMARTS) is 1. The Hall–Kier alpha value is -2.86. The van der Waals surface area contributed by atoms with Crippen molar-refractivity contribution in [1.29, 1.82) is 0 Å². The van der Waals surface area contributed by atoms with E-state index in [9.17, 15) is 14.7 Å². The lowest BCUT2D eigenvalue weighted by atomic mass is 9.83. The monoisotopic (exact) mass is 506 g/mol. The van der Waals surface area contributed by atoms with Gasteiger partial charge in [-0.15, -0.1) is 0 Å². The molecule has 6 nitrogen and oxygen atoms in total. The highest BCUT2D eigenvalue weighted by molar-refractivity contribution is 5.88. The second-order valence-electron chi connectivity index (χ2n) is 11.1. The number of hydrogen-bond donors (Lipinski definition) is 2. The van der Waals surface area contributed by atoms with Gasteiger partial charge in [0.05, 0.1) is 18.6 Å². The van der Waals surface area contributed by atoms with Gasteiger partial charge in [-0.25, -0.2) is 4.79 Å². The molecule has 1 amide bonds. The summed E-state index contributed by atoms with van der Waals surface area (Å²) in [5.74, 6) is -0.0182. The van der Waals surface area contributed by atoms with Gasteiger partial charge in [0.25, 0.3) is 0 Å². The maximum Gasteiger partial charge on any atom is 0.335 e. The molecular formula is C31H42N2O4. The highest BCUT2D eigenvalue weighted by Crippen LogP contribution is 2.60. The fourth-order valence-electron chi connectivity index (χ4n) is 6.12. The Morgan fingerprint density at radius 1 is 1.11 bits per heavy atom. The van der Waals surface area contributed by atoms with Crippen LogP contribution in [0.2, 0.25) is 0 Å². The van der Waals surface area contributed by atoms with Gasteiger partial charge < -0.3 is 20.1 Å². The fraction of sp³-hybridized carbons (Fsp3) is 0.548. The maximum atomic E-state index is 13.0. The summed E-state index contributed by atoms with van der Waals surface area (Å²) in [5, 5.41) is 12.5. The number of aromatic carboxylic acids is 1. The molecule has 1 aliphatic carbocycles. The number of piperidine rings is 1. The Morgan fingerprint density at radius 3 is 2.57 bits per heavy atom. The van der Waals surface area contributed by atoms with Gasteiger partial charge in [-0.05, 0) is 85.8 Å². The number of nitrogens with one attached hydrogen (secondary N) is 1. The third-order valence-corrected chi connectivity index (χ3v) is 7.95. The van der Waals surface area contributed by atoms with Crippen LogP contribution in [0.3, 0.4) is 0 Å². The third kappa shape index (κ3) is 6.53. The fourth-order valence-corrected chi connectivity index (χ4v) is 6.12. The van der Waals surface area contributed by atoms with E-state index in [1.807, 2.05) is 6.92 Å². The van der Waals surface area contributed by atoms with Crippen LogP contribution < -0.4 is 10.2 Å². The van der Waals surface area contributed by atoms with Crippen LogP contribution >= 0.6 is 0 Å². The van der Waals surface area contributed by atoms with E-state index in [0.717, 1.165) is 37.1 Å². The van der Waals surface area contributed by atoms with Gasteiger partial charge in [-0.2, -0.15) is 0 Å². The number of para-hydroxylation sites is 1. The predicted molar refractivity (Wildman–Crippen MR) is 147 cm³/mol. The summed E-state index contributed by atoms with van der Waals surface area (Å²) >= 11 is 0. The maximum absolute atomic E-state index is 13.0. The van der Waals surface area contributed by atoms with E-state index in [4.69, 9.17) is 4.74 Å². The number of carbonyl (C=O) groups excluding carboxylic acids is 1. The molecule has 2 aromatic carbocycles. The molecule has 200 valence electrons. The number of nitrogens with zero attached hydrogens (tertiary/aromatic N) is 1. The molecule has 1 saturated heterocycles. The number of carboxylic acids is 1. The standard InChI is InChI=1S/C31H42N2O4/c1-4-37-21-25-16-24(30(35)36)13-12-23(25)17-29(34)32-20-26-19-31(26,18-22(2)3)27-10-6-7-11-28(27)33-14-8-5-9-15-33/h6-7,10-13,16,22,26H,4-5,8-9,14-15,17-21H2,1-3H3,(H,32,34)(H,35,36). The Kier molecular flexibility index (Phi) is 8.91. The zero-order valence-corrected chi connectivity index (χ0v) is 22.6. The van der Waals surface area contributed by atoms with E-state index in [1.165, 1.54) is 30.5 Å². The minimum absolute atomic E-state index is 0.0320. The van der Waals surface area contributed by atoms with Crippen molar-refractivity contribution >= 4 is 17.6 Å². The number of carbonyl (C=O) groups is 2. The Bertz CT molecular complexity index is 1090. The van der Waals surface area contributed by atoms with Crippen LogP contribution in [0, 0.1) is 11.8 Å². The SMILES string of the molecule is CCOCc1cc(C(=O)O)ccc1CC(=O)NCC1CC1(CC(C)C)c1ccccc1N1CCCCC1. The summed E-state index contributed by atoms with van der Waals surface area (Å²) in [6, 6.07) is 13.9. The lowest BCUT2D eigenvalue weighted by Crippen LogP contribution is -2.33. The molecule has 0 spiro atoms. The zero-order chi connectivity index (χ0) is 26.4. The molecule has 4 rings (SSSR count). The van der Waals surface area contributed by atoms with Gasteiger partial charge in [0, 0.05) is 37.3 Å². The molecule has 0 radical (unpaired) electrons. The van der Waals surface area contributed by atoms with Gasteiger partial charge in [-0.1, -0.05) is 38.1 Å². The van der Waals surface area contributed by atoms with Crippen molar-refractivity contribution in [2.75, 3.05) is 31.1 Å². The topological polar surface area (TPSA) is 78.9 Å². The van der Waals surface area contributed by atoms with Gasteiger partial charge in [0.15, 0.2) is 0 Å². The van der Waals surface area contributed by atoms with Gasteiger partial charge in [0.2, 0.25) is 5.91 Å². The van der Waals surface area contributed by atoms with E-state index in [1.54, 1.807) is 18.2 Å². The Morgan fingerprint density at radius 2 is 1.86 bits per heavy atom. The molecule has 2 N–H and O–H groups in total. The summed E-state index contributed by atoms with van der Waals surface area (Å²) in [6.45, 7) is 10.2. The van der Waals surface area contributed by atoms with Crippen LogP contribution in [0.15, 0.2) is 42.5 Å². The lowest BCUT2D eigenvalue weighted by Gasteiger charge is -2.33. The van der Waals surface area contributed by atoms with E-state index in [2.05, 4.69) is 48.3 Å². The highest BCUT2D eigenvalue weighted by Gasteiger charge is 2.56. The molecule has 2 atom stereocenters. The van der Waals surface area contributed by atoms with Crippen molar-refractivity contribution in [3.63, 3.8) is 0 Å². The van der Waals surface area contributed by atoms with Crippen molar-refractivity contribution in [3.8, 4) is 0 Å². The third-order valence-electron chi connectivity index (χ3n) is 7.95. The first-order valence-electron chi connectivity index (χ1n) is 13.9.